The summed E-state index contributed by atoms with van der Waals surface area (Å²) < 4.78 is 0. The van der Waals surface area contributed by atoms with Gasteiger partial charge in [-0.25, -0.2) is 0 Å². The van der Waals surface area contributed by atoms with Gasteiger partial charge in [0.25, 0.3) is 5.91 Å². The third-order valence-corrected chi connectivity index (χ3v) is 4.11. The normalized spacial score (nSPS) is 9.64. The van der Waals surface area contributed by atoms with Crippen LogP contribution in [0.1, 0.15) is 10.4 Å². The molecule has 3 rings (SSSR count). The van der Waals surface area contributed by atoms with Gasteiger partial charge in [-0.1, -0.05) is 22.9 Å². The number of rotatable bonds is 3. The van der Waals surface area contributed by atoms with Gasteiger partial charge in [-0.15, -0.1) is 10.2 Å². The van der Waals surface area contributed by atoms with Crippen LogP contribution in [-0.2, 0) is 0 Å². The van der Waals surface area contributed by atoms with E-state index in [-0.39, 0.29) is 28.4 Å². The molecular formula is C15H14ClN3O5S. The maximum absolute atomic E-state index is 12.1. The molecule has 10 heteroatoms. The molecule has 1 heterocycles. The molecule has 0 radical (unpaired) electrons. The van der Waals surface area contributed by atoms with Crippen LogP contribution in [0.15, 0.2) is 42.5 Å². The predicted octanol–water partition coefficient (Wildman–Crippen LogP) is 1.87. The fourth-order valence-corrected chi connectivity index (χ4v) is 2.68. The third-order valence-electron chi connectivity index (χ3n) is 2.97. The number of amides is 1. The fourth-order valence-electron chi connectivity index (χ4n) is 1.82. The van der Waals surface area contributed by atoms with Crippen molar-refractivity contribution in [3.05, 3.63) is 53.1 Å². The highest BCUT2D eigenvalue weighted by molar-refractivity contribution is 7.18. The molecule has 0 unspecified atom stereocenters. The molecule has 8 nitrogen and oxygen atoms in total. The summed E-state index contributed by atoms with van der Waals surface area (Å²) >= 11 is 6.94. The maximum Gasteiger partial charge on any atom is 0.257 e. The summed E-state index contributed by atoms with van der Waals surface area (Å²) in [4.78, 5) is 12.1. The number of phenolic OH excluding ortho intramolecular Hbond substituents is 2. The van der Waals surface area contributed by atoms with Crippen LogP contribution in [0.3, 0.4) is 0 Å². The number of carbonyl (C=O) groups is 1. The quantitative estimate of drug-likeness (QED) is 0.588. The van der Waals surface area contributed by atoms with Crippen molar-refractivity contribution in [3.63, 3.8) is 0 Å². The number of nitrogens with one attached hydrogen (secondary N) is 1. The second-order valence-corrected chi connectivity index (χ2v) is 5.99. The first-order valence-electron chi connectivity index (χ1n) is 6.46. The third kappa shape index (κ3) is 4.64. The first-order valence-corrected chi connectivity index (χ1v) is 7.65. The molecule has 0 saturated carbocycles. The van der Waals surface area contributed by atoms with Crippen LogP contribution >= 0.6 is 22.9 Å². The molecule has 1 amide bonds. The van der Waals surface area contributed by atoms with Gasteiger partial charge in [0, 0.05) is 16.1 Å². The first-order chi connectivity index (χ1) is 11.0. The zero-order valence-corrected chi connectivity index (χ0v) is 14.1. The van der Waals surface area contributed by atoms with E-state index >= 15 is 0 Å². The Balaban J connectivity index is 0.00000156. The topological polar surface area (TPSA) is 158 Å². The molecule has 0 spiro atoms. The van der Waals surface area contributed by atoms with Gasteiger partial charge in [-0.2, -0.15) is 0 Å². The summed E-state index contributed by atoms with van der Waals surface area (Å²) in [6.07, 6.45) is 0. The Morgan fingerprint density at radius 1 is 1.00 bits per heavy atom. The van der Waals surface area contributed by atoms with Crippen molar-refractivity contribution >= 4 is 34.0 Å². The first kappa shape index (κ1) is 20.3. The second kappa shape index (κ2) is 8.40. The average molecular weight is 384 g/mol. The molecule has 0 bridgehead atoms. The smallest absolute Gasteiger partial charge is 0.257 e. The Bertz CT molecular complexity index is 870. The van der Waals surface area contributed by atoms with Crippen LogP contribution in [-0.4, -0.2) is 37.3 Å². The van der Waals surface area contributed by atoms with E-state index in [4.69, 9.17) is 11.6 Å². The molecule has 3 aromatic rings. The SMILES string of the molecule is O.O.O=C(Nc1nnc(-c2ccc(O)c(O)c2)s1)c1ccc(Cl)cc1. The van der Waals surface area contributed by atoms with E-state index in [0.717, 1.165) is 11.3 Å². The Morgan fingerprint density at radius 3 is 2.32 bits per heavy atom. The molecule has 132 valence electrons. The average Bonchev–Trinajstić information content (AvgIpc) is 2.99. The largest absolute Gasteiger partial charge is 0.504 e. The number of aromatic nitrogens is 2. The lowest BCUT2D eigenvalue weighted by atomic mass is 10.2. The van der Waals surface area contributed by atoms with Crippen molar-refractivity contribution in [2.75, 3.05) is 5.32 Å². The molecule has 0 saturated heterocycles. The van der Waals surface area contributed by atoms with Gasteiger partial charge < -0.3 is 21.2 Å². The molecule has 0 aliphatic heterocycles. The van der Waals surface area contributed by atoms with Crippen molar-refractivity contribution in [2.24, 2.45) is 0 Å². The summed E-state index contributed by atoms with van der Waals surface area (Å²) in [5.74, 6) is -0.781. The van der Waals surface area contributed by atoms with Crippen molar-refractivity contribution in [1.82, 2.24) is 10.2 Å². The summed E-state index contributed by atoms with van der Waals surface area (Å²) in [5.41, 5.74) is 1.04. The number of hydrogen-bond donors (Lipinski definition) is 3. The highest BCUT2D eigenvalue weighted by atomic mass is 35.5. The molecule has 0 aliphatic rings. The van der Waals surface area contributed by atoms with Gasteiger partial charge in [0.05, 0.1) is 0 Å². The number of carbonyl (C=O) groups excluding carboxylic acids is 1. The Morgan fingerprint density at radius 2 is 1.68 bits per heavy atom. The Labute approximate surface area is 151 Å². The number of nitrogens with zero attached hydrogens (tertiary/aromatic N) is 2. The number of halogens is 1. The van der Waals surface area contributed by atoms with Crippen molar-refractivity contribution in [3.8, 4) is 22.1 Å². The van der Waals surface area contributed by atoms with E-state index < -0.39 is 0 Å². The second-order valence-electron chi connectivity index (χ2n) is 4.58. The van der Waals surface area contributed by atoms with Gasteiger partial charge in [0.2, 0.25) is 5.13 Å². The minimum atomic E-state index is -0.321. The molecule has 25 heavy (non-hydrogen) atoms. The van der Waals surface area contributed by atoms with Crippen LogP contribution < -0.4 is 5.32 Å². The van der Waals surface area contributed by atoms with E-state index in [1.54, 1.807) is 30.3 Å². The van der Waals surface area contributed by atoms with E-state index in [1.165, 1.54) is 12.1 Å². The summed E-state index contributed by atoms with van der Waals surface area (Å²) in [6.45, 7) is 0. The van der Waals surface area contributed by atoms with E-state index in [2.05, 4.69) is 15.5 Å². The van der Waals surface area contributed by atoms with Crippen LogP contribution in [0.2, 0.25) is 5.02 Å². The van der Waals surface area contributed by atoms with Crippen LogP contribution in [0.4, 0.5) is 5.13 Å². The van der Waals surface area contributed by atoms with Crippen molar-refractivity contribution in [1.29, 1.82) is 0 Å². The van der Waals surface area contributed by atoms with Gasteiger partial charge in [-0.05, 0) is 42.5 Å². The maximum atomic E-state index is 12.1. The standard InChI is InChI=1S/C15H10ClN3O3S.2H2O/c16-10-4-1-8(2-5-10)13(22)17-15-19-18-14(23-15)9-3-6-11(20)12(21)7-9;;/h1-7,20-21H,(H,17,19,22);2*1H2. The number of phenols is 2. The highest BCUT2D eigenvalue weighted by Crippen LogP contribution is 2.33. The van der Waals surface area contributed by atoms with Crippen molar-refractivity contribution in [2.45, 2.75) is 0 Å². The molecule has 1 aromatic heterocycles. The zero-order chi connectivity index (χ0) is 16.4. The van der Waals surface area contributed by atoms with Crippen LogP contribution in [0, 0.1) is 0 Å². The molecule has 0 fully saturated rings. The number of anilines is 1. The lowest BCUT2D eigenvalue weighted by Gasteiger charge is -2.01. The molecule has 0 aliphatic carbocycles. The molecule has 7 N–H and O–H groups in total. The van der Waals surface area contributed by atoms with Crippen molar-refractivity contribution < 1.29 is 26.0 Å². The minimum Gasteiger partial charge on any atom is -0.504 e. The number of benzene rings is 2. The predicted molar refractivity (Wildman–Crippen MR) is 95.3 cm³/mol. The van der Waals surface area contributed by atoms with E-state index in [9.17, 15) is 15.0 Å². The molecular weight excluding hydrogens is 370 g/mol. The highest BCUT2D eigenvalue weighted by Gasteiger charge is 2.12. The molecule has 2 aromatic carbocycles. The summed E-state index contributed by atoms with van der Waals surface area (Å²) in [5, 5.41) is 30.7. The van der Waals surface area contributed by atoms with Gasteiger partial charge in [0.1, 0.15) is 5.01 Å². The van der Waals surface area contributed by atoms with Crippen LogP contribution in [0.5, 0.6) is 11.5 Å². The zero-order valence-electron chi connectivity index (χ0n) is 12.5. The Kier molecular flexibility index (Phi) is 6.83. The lowest BCUT2D eigenvalue weighted by Crippen LogP contribution is -2.11. The fraction of sp³-hybridized carbons (Fsp3) is 0. The van der Waals surface area contributed by atoms with E-state index in [0.29, 0.717) is 26.3 Å². The monoisotopic (exact) mass is 383 g/mol. The van der Waals surface area contributed by atoms with Gasteiger partial charge in [0.15, 0.2) is 11.5 Å². The van der Waals surface area contributed by atoms with E-state index in [1.807, 2.05) is 0 Å². The summed E-state index contributed by atoms with van der Waals surface area (Å²) in [7, 11) is 0. The van der Waals surface area contributed by atoms with Crippen LogP contribution in [0.25, 0.3) is 10.6 Å². The number of aromatic hydroxyl groups is 2. The number of hydrogen-bond acceptors (Lipinski definition) is 6. The summed E-state index contributed by atoms with van der Waals surface area (Å²) in [6, 6.07) is 10.8. The minimum absolute atomic E-state index is 0. The van der Waals surface area contributed by atoms with Gasteiger partial charge >= 0.3 is 0 Å². The lowest BCUT2D eigenvalue weighted by molar-refractivity contribution is 0.102. The van der Waals surface area contributed by atoms with Gasteiger partial charge in [-0.3, -0.25) is 10.1 Å². The molecule has 0 atom stereocenters. The Hall–Kier alpha value is -2.72.